The van der Waals surface area contributed by atoms with Crippen LogP contribution in [0.4, 0.5) is 0 Å². The van der Waals surface area contributed by atoms with Crippen molar-refractivity contribution in [2.75, 3.05) is 19.0 Å². The van der Waals surface area contributed by atoms with Crippen LogP contribution in [0.3, 0.4) is 0 Å². The van der Waals surface area contributed by atoms with Crippen molar-refractivity contribution >= 4 is 22.1 Å². The van der Waals surface area contributed by atoms with Crippen LogP contribution in [0.1, 0.15) is 20.3 Å². The van der Waals surface area contributed by atoms with E-state index in [9.17, 15) is 0 Å². The van der Waals surface area contributed by atoms with Gasteiger partial charge in [0.25, 0.3) is 0 Å². The molecule has 0 aliphatic heterocycles. The smallest absolute Gasteiger partial charge is 0.793 e. The van der Waals surface area contributed by atoms with E-state index in [1.807, 2.05) is 13.8 Å². The van der Waals surface area contributed by atoms with Gasteiger partial charge in [-0.2, -0.15) is 5.75 Å². The minimum atomic E-state index is 0. The molecular formula is C8H17NaO2SSi. The second-order valence-corrected chi connectivity index (χ2v) is 4.04. The maximum Gasteiger partial charge on any atom is 1.00 e. The van der Waals surface area contributed by atoms with Crippen LogP contribution in [0.2, 0.25) is 6.04 Å². The Morgan fingerprint density at radius 3 is 2.15 bits per heavy atom. The average molecular weight is 228 g/mol. The standard InChI is InChI=1S/C8H18O2SSi.Na/c1-3-9-8(10-4-2)12-7-5-6-11;/h8,11H,3-7H2,1-2H3;/q;+1/p-1. The van der Waals surface area contributed by atoms with E-state index in [4.69, 9.17) is 22.1 Å². The summed E-state index contributed by atoms with van der Waals surface area (Å²) in [5.74, 6) is 0.861. The molecule has 0 amide bonds. The molecular weight excluding hydrogens is 211 g/mol. The molecule has 0 saturated carbocycles. The summed E-state index contributed by atoms with van der Waals surface area (Å²) < 4.78 is 10.8. The molecule has 0 saturated heterocycles. The normalized spacial score (nSPS) is 10.2. The minimum absolute atomic E-state index is 0. The van der Waals surface area contributed by atoms with Crippen molar-refractivity contribution in [1.29, 1.82) is 0 Å². The first-order valence-electron chi connectivity index (χ1n) is 4.39. The molecule has 2 nitrogen and oxygen atoms in total. The number of hydrogen-bond acceptors (Lipinski definition) is 3. The Labute approximate surface area is 112 Å². The molecule has 0 spiro atoms. The van der Waals surface area contributed by atoms with Crippen LogP contribution in [-0.4, -0.2) is 34.4 Å². The van der Waals surface area contributed by atoms with Crippen LogP contribution >= 0.6 is 0 Å². The third-order valence-corrected chi connectivity index (χ3v) is 2.87. The summed E-state index contributed by atoms with van der Waals surface area (Å²) in [6.07, 6.45) is 1.10. The van der Waals surface area contributed by atoms with Gasteiger partial charge in [-0.25, -0.2) is 0 Å². The SMILES string of the molecule is CCOC(OCC)[Si]CCC[S-].[Na+]. The molecule has 0 atom stereocenters. The maximum absolute atomic E-state index is 5.39. The molecule has 0 N–H and O–H groups in total. The van der Waals surface area contributed by atoms with E-state index in [0.29, 0.717) is 0 Å². The Hall–Kier alpha value is 1.49. The van der Waals surface area contributed by atoms with Crippen LogP contribution in [0, 0.1) is 0 Å². The number of ether oxygens (including phenoxy) is 2. The third kappa shape index (κ3) is 11.4. The molecule has 0 unspecified atom stereocenters. The molecule has 0 aliphatic rings. The maximum atomic E-state index is 5.39. The topological polar surface area (TPSA) is 18.5 Å². The second kappa shape index (κ2) is 13.5. The van der Waals surface area contributed by atoms with E-state index in [0.717, 1.165) is 41.0 Å². The Balaban J connectivity index is 0. The number of hydrogen-bond donors (Lipinski definition) is 0. The van der Waals surface area contributed by atoms with Gasteiger partial charge < -0.3 is 22.1 Å². The fourth-order valence-electron chi connectivity index (χ4n) is 0.761. The average Bonchev–Trinajstić information content (AvgIpc) is 2.06. The van der Waals surface area contributed by atoms with Crippen molar-refractivity contribution in [2.24, 2.45) is 0 Å². The third-order valence-electron chi connectivity index (χ3n) is 1.27. The zero-order valence-electron chi connectivity index (χ0n) is 8.84. The van der Waals surface area contributed by atoms with Crippen molar-refractivity contribution in [2.45, 2.75) is 32.2 Å². The van der Waals surface area contributed by atoms with Gasteiger partial charge in [-0.1, -0.05) is 12.5 Å². The van der Waals surface area contributed by atoms with Gasteiger partial charge in [-0.15, -0.1) is 0 Å². The molecule has 0 aliphatic carbocycles. The van der Waals surface area contributed by atoms with Gasteiger partial charge in [0, 0.05) is 13.2 Å². The Bertz CT molecular complexity index is 92.2. The molecule has 0 rings (SSSR count). The van der Waals surface area contributed by atoms with Gasteiger partial charge in [-0.3, -0.25) is 0 Å². The van der Waals surface area contributed by atoms with Gasteiger partial charge in [0.15, 0.2) is 0 Å². The Morgan fingerprint density at radius 1 is 1.23 bits per heavy atom. The van der Waals surface area contributed by atoms with E-state index in [1.54, 1.807) is 0 Å². The zero-order chi connectivity index (χ0) is 9.23. The van der Waals surface area contributed by atoms with Gasteiger partial charge in [0.05, 0.1) is 0 Å². The van der Waals surface area contributed by atoms with Crippen molar-refractivity contribution in [3.05, 3.63) is 0 Å². The molecule has 0 aromatic heterocycles. The van der Waals surface area contributed by atoms with E-state index in [2.05, 4.69) is 0 Å². The fourth-order valence-corrected chi connectivity index (χ4v) is 2.35. The van der Waals surface area contributed by atoms with E-state index in [1.165, 1.54) is 0 Å². The summed E-state index contributed by atoms with van der Waals surface area (Å²) in [6, 6.07) is 1.13. The van der Waals surface area contributed by atoms with Crippen LogP contribution in [0.15, 0.2) is 0 Å². The van der Waals surface area contributed by atoms with Crippen molar-refractivity contribution in [3.63, 3.8) is 0 Å². The molecule has 13 heavy (non-hydrogen) atoms. The summed E-state index contributed by atoms with van der Waals surface area (Å²) in [7, 11) is 0.733. The minimum Gasteiger partial charge on any atom is -0.793 e. The molecule has 0 aromatic carbocycles. The largest absolute Gasteiger partial charge is 1.00 e. The van der Waals surface area contributed by atoms with E-state index >= 15 is 0 Å². The van der Waals surface area contributed by atoms with Gasteiger partial charge in [0.2, 0.25) is 0 Å². The van der Waals surface area contributed by atoms with Crippen molar-refractivity contribution in [3.8, 4) is 0 Å². The molecule has 0 heterocycles. The first kappa shape index (κ1) is 16.9. The van der Waals surface area contributed by atoms with Crippen molar-refractivity contribution < 1.29 is 39.0 Å². The van der Waals surface area contributed by atoms with Crippen LogP contribution in [0.5, 0.6) is 0 Å². The summed E-state index contributed by atoms with van der Waals surface area (Å²) in [4.78, 5) is 0. The Kier molecular flexibility index (Phi) is 17.5. The van der Waals surface area contributed by atoms with E-state index < -0.39 is 0 Å². The zero-order valence-corrected chi connectivity index (χ0v) is 12.7. The quantitative estimate of drug-likeness (QED) is 0.216. The number of rotatable bonds is 8. The predicted molar refractivity (Wildman–Crippen MR) is 54.5 cm³/mol. The van der Waals surface area contributed by atoms with Crippen LogP contribution in [-0.2, 0) is 22.1 Å². The summed E-state index contributed by atoms with van der Waals surface area (Å²) in [6.45, 7) is 5.43. The molecule has 0 bridgehead atoms. The first-order valence-corrected chi connectivity index (χ1v) is 6.26. The molecule has 0 aromatic rings. The van der Waals surface area contributed by atoms with Crippen molar-refractivity contribution in [1.82, 2.24) is 0 Å². The molecule has 0 fully saturated rings. The molecule has 2 radical (unpaired) electrons. The van der Waals surface area contributed by atoms with Crippen LogP contribution < -0.4 is 29.6 Å². The molecule has 72 valence electrons. The summed E-state index contributed by atoms with van der Waals surface area (Å²) in [5, 5.41) is 0. The predicted octanol–water partition coefficient (Wildman–Crippen LogP) is -1.59. The summed E-state index contributed by atoms with van der Waals surface area (Å²) in [5.41, 5.74) is 0. The van der Waals surface area contributed by atoms with Gasteiger partial charge in [-0.05, 0) is 13.8 Å². The van der Waals surface area contributed by atoms with Crippen LogP contribution in [0.25, 0.3) is 0 Å². The first-order chi connectivity index (χ1) is 5.85. The molecule has 5 heteroatoms. The van der Waals surface area contributed by atoms with Gasteiger partial charge >= 0.3 is 29.6 Å². The monoisotopic (exact) mass is 228 g/mol. The van der Waals surface area contributed by atoms with Gasteiger partial charge in [0.1, 0.15) is 15.4 Å². The summed E-state index contributed by atoms with van der Waals surface area (Å²) >= 11 is 4.86. The fraction of sp³-hybridized carbons (Fsp3) is 1.00. The second-order valence-electron chi connectivity index (χ2n) is 2.25. The Morgan fingerprint density at radius 2 is 1.77 bits per heavy atom. The van der Waals surface area contributed by atoms with E-state index in [-0.39, 0.29) is 35.5 Å².